The van der Waals surface area contributed by atoms with Gasteiger partial charge in [0.15, 0.2) is 0 Å². The predicted octanol–water partition coefficient (Wildman–Crippen LogP) is 2.28. The van der Waals surface area contributed by atoms with Crippen molar-refractivity contribution in [2.75, 3.05) is 38.5 Å². The van der Waals surface area contributed by atoms with Gasteiger partial charge in [0, 0.05) is 43.0 Å². The molecule has 1 aliphatic heterocycles. The molecule has 0 atom stereocenters. The molecular formula is C16H25N3O. The molecule has 4 heteroatoms. The number of carbonyl (C=O) groups excluding carboxylic acids is 1. The largest absolute Gasteiger partial charge is 0.385 e. The van der Waals surface area contributed by atoms with Crippen LogP contribution < -0.4 is 5.32 Å². The second kappa shape index (κ2) is 5.83. The first-order chi connectivity index (χ1) is 9.44. The molecule has 1 saturated heterocycles. The standard InChI is InChI=1S/C16H25N3O/c1-5-17-14-8-6-13(7-9-14)15(20)19-11-10-18(4)16(2,3)12-19/h6-9,17H,5,10-12H2,1-4H3. The second-order valence-corrected chi connectivity index (χ2v) is 6.07. The lowest BCUT2D eigenvalue weighted by Crippen LogP contribution is -2.58. The highest BCUT2D eigenvalue weighted by atomic mass is 16.2. The first-order valence-electron chi connectivity index (χ1n) is 7.28. The van der Waals surface area contributed by atoms with Crippen LogP contribution in [0.15, 0.2) is 24.3 Å². The molecule has 0 saturated carbocycles. The molecular weight excluding hydrogens is 250 g/mol. The Bertz CT molecular complexity index is 467. The molecule has 2 rings (SSSR count). The summed E-state index contributed by atoms with van der Waals surface area (Å²) in [7, 11) is 2.12. The van der Waals surface area contributed by atoms with Crippen LogP contribution in [0.3, 0.4) is 0 Å². The SMILES string of the molecule is CCNc1ccc(C(=O)N2CCN(C)C(C)(C)C2)cc1. The van der Waals surface area contributed by atoms with E-state index in [4.69, 9.17) is 0 Å². The maximum absolute atomic E-state index is 12.6. The number of rotatable bonds is 3. The Morgan fingerprint density at radius 2 is 1.90 bits per heavy atom. The van der Waals surface area contributed by atoms with Crippen molar-refractivity contribution in [1.29, 1.82) is 0 Å². The fourth-order valence-electron chi connectivity index (χ4n) is 2.53. The van der Waals surface area contributed by atoms with Crippen LogP contribution in [0.2, 0.25) is 0 Å². The van der Waals surface area contributed by atoms with Crippen molar-refractivity contribution < 1.29 is 4.79 Å². The molecule has 1 fully saturated rings. The zero-order valence-electron chi connectivity index (χ0n) is 12.9. The van der Waals surface area contributed by atoms with Gasteiger partial charge in [-0.15, -0.1) is 0 Å². The first-order valence-corrected chi connectivity index (χ1v) is 7.28. The van der Waals surface area contributed by atoms with Crippen molar-refractivity contribution in [2.24, 2.45) is 0 Å². The average Bonchev–Trinajstić information content (AvgIpc) is 2.42. The van der Waals surface area contributed by atoms with Gasteiger partial charge in [-0.25, -0.2) is 0 Å². The molecule has 0 bridgehead atoms. The van der Waals surface area contributed by atoms with Crippen LogP contribution in [-0.4, -0.2) is 54.5 Å². The lowest BCUT2D eigenvalue weighted by Gasteiger charge is -2.45. The molecule has 4 nitrogen and oxygen atoms in total. The van der Waals surface area contributed by atoms with Crippen LogP contribution >= 0.6 is 0 Å². The summed E-state index contributed by atoms with van der Waals surface area (Å²) in [4.78, 5) is 16.8. The quantitative estimate of drug-likeness (QED) is 0.919. The fraction of sp³-hybridized carbons (Fsp3) is 0.562. The molecule has 0 spiro atoms. The van der Waals surface area contributed by atoms with Crippen LogP contribution in [-0.2, 0) is 0 Å². The third-order valence-electron chi connectivity index (χ3n) is 4.12. The second-order valence-electron chi connectivity index (χ2n) is 6.07. The van der Waals surface area contributed by atoms with E-state index in [1.165, 1.54) is 0 Å². The minimum absolute atomic E-state index is 0.0393. The number of likely N-dealkylation sites (N-methyl/N-ethyl adjacent to an activating group) is 1. The summed E-state index contributed by atoms with van der Waals surface area (Å²) in [6, 6.07) is 7.76. The van der Waals surface area contributed by atoms with Gasteiger partial charge in [-0.2, -0.15) is 0 Å². The molecule has 0 unspecified atom stereocenters. The topological polar surface area (TPSA) is 35.6 Å². The van der Waals surface area contributed by atoms with Gasteiger partial charge in [-0.3, -0.25) is 9.69 Å². The Morgan fingerprint density at radius 1 is 1.25 bits per heavy atom. The van der Waals surface area contributed by atoms with Crippen LogP contribution in [0.4, 0.5) is 5.69 Å². The highest BCUT2D eigenvalue weighted by molar-refractivity contribution is 5.94. The van der Waals surface area contributed by atoms with Crippen LogP contribution in [0.5, 0.6) is 0 Å². The number of nitrogens with one attached hydrogen (secondary N) is 1. The first kappa shape index (κ1) is 14.9. The average molecular weight is 275 g/mol. The number of piperazine rings is 1. The molecule has 1 aliphatic rings. The van der Waals surface area contributed by atoms with E-state index in [2.05, 4.69) is 38.0 Å². The molecule has 0 aliphatic carbocycles. The molecule has 20 heavy (non-hydrogen) atoms. The van der Waals surface area contributed by atoms with Crippen molar-refractivity contribution in [3.8, 4) is 0 Å². The van der Waals surface area contributed by atoms with Gasteiger partial charge in [-0.1, -0.05) is 0 Å². The summed E-state index contributed by atoms with van der Waals surface area (Å²) in [5.74, 6) is 0.134. The Hall–Kier alpha value is -1.55. The zero-order valence-corrected chi connectivity index (χ0v) is 12.9. The van der Waals surface area contributed by atoms with Gasteiger partial charge in [0.05, 0.1) is 0 Å². The molecule has 0 aromatic heterocycles. The molecule has 1 heterocycles. The van der Waals surface area contributed by atoms with Crippen molar-refractivity contribution in [3.05, 3.63) is 29.8 Å². The zero-order chi connectivity index (χ0) is 14.8. The number of hydrogen-bond donors (Lipinski definition) is 1. The van der Waals surface area contributed by atoms with E-state index in [1.807, 2.05) is 29.2 Å². The Labute approximate surface area is 121 Å². The van der Waals surface area contributed by atoms with E-state index in [0.29, 0.717) is 0 Å². The van der Waals surface area contributed by atoms with Gasteiger partial charge in [0.2, 0.25) is 0 Å². The van der Waals surface area contributed by atoms with Gasteiger partial charge < -0.3 is 10.2 Å². The van der Waals surface area contributed by atoms with Crippen molar-refractivity contribution in [3.63, 3.8) is 0 Å². The third-order valence-corrected chi connectivity index (χ3v) is 4.12. The summed E-state index contributed by atoms with van der Waals surface area (Å²) in [6.07, 6.45) is 0. The fourth-order valence-corrected chi connectivity index (χ4v) is 2.53. The number of amides is 1. The number of benzene rings is 1. The van der Waals surface area contributed by atoms with E-state index in [0.717, 1.165) is 37.4 Å². The maximum atomic E-state index is 12.6. The number of nitrogens with zero attached hydrogens (tertiary/aromatic N) is 2. The van der Waals surface area contributed by atoms with Gasteiger partial charge in [0.25, 0.3) is 5.91 Å². The van der Waals surface area contributed by atoms with Crippen LogP contribution in [0, 0.1) is 0 Å². The van der Waals surface area contributed by atoms with Crippen LogP contribution in [0.25, 0.3) is 0 Å². The molecule has 1 amide bonds. The van der Waals surface area contributed by atoms with E-state index in [9.17, 15) is 4.79 Å². The number of anilines is 1. The third kappa shape index (κ3) is 3.12. The van der Waals surface area contributed by atoms with Crippen molar-refractivity contribution in [2.45, 2.75) is 26.3 Å². The molecule has 110 valence electrons. The minimum Gasteiger partial charge on any atom is -0.385 e. The predicted molar refractivity (Wildman–Crippen MR) is 83.2 cm³/mol. The lowest BCUT2D eigenvalue weighted by molar-refractivity contribution is 0.0311. The Morgan fingerprint density at radius 3 is 2.45 bits per heavy atom. The van der Waals surface area contributed by atoms with Gasteiger partial charge in [-0.05, 0) is 52.1 Å². The summed E-state index contributed by atoms with van der Waals surface area (Å²) in [5.41, 5.74) is 1.87. The highest BCUT2D eigenvalue weighted by Gasteiger charge is 2.33. The molecule has 0 radical (unpaired) electrons. The van der Waals surface area contributed by atoms with E-state index in [-0.39, 0.29) is 11.4 Å². The Balaban J connectivity index is 2.07. The molecule has 1 aromatic rings. The van der Waals surface area contributed by atoms with E-state index >= 15 is 0 Å². The lowest BCUT2D eigenvalue weighted by atomic mass is 9.99. The number of hydrogen-bond acceptors (Lipinski definition) is 3. The maximum Gasteiger partial charge on any atom is 0.253 e. The summed E-state index contributed by atoms with van der Waals surface area (Å²) >= 11 is 0. The van der Waals surface area contributed by atoms with Gasteiger partial charge >= 0.3 is 0 Å². The van der Waals surface area contributed by atoms with E-state index < -0.39 is 0 Å². The monoisotopic (exact) mass is 275 g/mol. The van der Waals surface area contributed by atoms with Crippen LogP contribution in [0.1, 0.15) is 31.1 Å². The summed E-state index contributed by atoms with van der Waals surface area (Å²) in [6.45, 7) is 9.81. The smallest absolute Gasteiger partial charge is 0.253 e. The minimum atomic E-state index is 0.0393. The van der Waals surface area contributed by atoms with Crippen molar-refractivity contribution in [1.82, 2.24) is 9.80 Å². The molecule has 1 N–H and O–H groups in total. The highest BCUT2D eigenvalue weighted by Crippen LogP contribution is 2.21. The number of carbonyl (C=O) groups is 1. The van der Waals surface area contributed by atoms with Gasteiger partial charge in [0.1, 0.15) is 0 Å². The summed E-state index contributed by atoms with van der Waals surface area (Å²) in [5, 5.41) is 3.24. The summed E-state index contributed by atoms with van der Waals surface area (Å²) < 4.78 is 0. The van der Waals surface area contributed by atoms with E-state index in [1.54, 1.807) is 0 Å². The normalized spacial score (nSPS) is 18.9. The van der Waals surface area contributed by atoms with Crippen molar-refractivity contribution >= 4 is 11.6 Å². The Kier molecular flexibility index (Phi) is 4.33. The molecule has 1 aromatic carbocycles.